The van der Waals surface area contributed by atoms with Gasteiger partial charge in [-0.25, -0.2) is 4.79 Å². The number of hydrogen-bond donors (Lipinski definition) is 1. The number of ether oxygens (including phenoxy) is 3. The van der Waals surface area contributed by atoms with E-state index in [9.17, 15) is 9.82 Å². The number of likely N-dealkylation sites (tertiary alicyclic amines) is 1. The van der Waals surface area contributed by atoms with Gasteiger partial charge in [0.05, 0.1) is 18.6 Å². The van der Waals surface area contributed by atoms with E-state index in [1.54, 1.807) is 4.90 Å². The minimum absolute atomic E-state index is 0.0184. The quantitative estimate of drug-likeness (QED) is 0.552. The molecule has 5 fully saturated rings. The van der Waals surface area contributed by atoms with Gasteiger partial charge in [-0.2, -0.15) is 0 Å². The van der Waals surface area contributed by atoms with Gasteiger partial charge in [0, 0.05) is 12.7 Å². The van der Waals surface area contributed by atoms with Crippen molar-refractivity contribution in [2.45, 2.75) is 123 Å². The second kappa shape index (κ2) is 9.57. The maximum absolute atomic E-state index is 13.3. The fourth-order valence-corrected chi connectivity index (χ4v) is 6.97. The summed E-state index contributed by atoms with van der Waals surface area (Å²) in [6.45, 7) is 16.0. The van der Waals surface area contributed by atoms with Gasteiger partial charge < -0.3 is 28.8 Å². The minimum atomic E-state index is -1.05. The summed E-state index contributed by atoms with van der Waals surface area (Å²) in [6, 6.07) is -0.171. The van der Waals surface area contributed by atoms with E-state index in [1.807, 2.05) is 20.8 Å². The van der Waals surface area contributed by atoms with Gasteiger partial charge in [-0.3, -0.25) is 0 Å². The van der Waals surface area contributed by atoms with Gasteiger partial charge in [0.1, 0.15) is 5.60 Å². The number of hydrogen-bond acceptors (Lipinski definition) is 6. The van der Waals surface area contributed by atoms with Crippen molar-refractivity contribution in [1.29, 1.82) is 0 Å². The predicted octanol–water partition coefficient (Wildman–Crippen LogP) is 4.79. The molecule has 3 aliphatic carbocycles. The Bertz CT molecular complexity index is 731. The van der Waals surface area contributed by atoms with Crippen molar-refractivity contribution in [1.82, 2.24) is 4.90 Å². The Morgan fingerprint density at radius 1 is 1.09 bits per heavy atom. The van der Waals surface area contributed by atoms with Crippen molar-refractivity contribution in [3.8, 4) is 0 Å². The van der Waals surface area contributed by atoms with Crippen molar-refractivity contribution in [2.24, 2.45) is 22.7 Å². The van der Waals surface area contributed by atoms with Gasteiger partial charge in [0.2, 0.25) is 0 Å². The maximum Gasteiger partial charge on any atom is 0.478 e. The maximum atomic E-state index is 13.3. The van der Waals surface area contributed by atoms with Gasteiger partial charge in [0.15, 0.2) is 6.29 Å². The molecule has 0 radical (unpaired) electrons. The smallest absolute Gasteiger partial charge is 0.444 e. The minimum Gasteiger partial charge on any atom is -0.444 e. The summed E-state index contributed by atoms with van der Waals surface area (Å²) in [5, 5.41) is 11.3. The molecule has 5 unspecified atom stereocenters. The first kappa shape index (κ1) is 26.2. The summed E-state index contributed by atoms with van der Waals surface area (Å²) in [4.78, 5) is 14.9. The van der Waals surface area contributed by atoms with Gasteiger partial charge in [0.25, 0.3) is 0 Å². The zero-order valence-electron chi connectivity index (χ0n) is 22.3. The van der Waals surface area contributed by atoms with Crippen LogP contribution in [0.15, 0.2) is 0 Å². The molecule has 34 heavy (non-hydrogen) atoms. The fourth-order valence-electron chi connectivity index (χ4n) is 6.97. The molecule has 0 aromatic rings. The van der Waals surface area contributed by atoms with Crippen LogP contribution >= 0.6 is 0 Å². The zero-order chi connectivity index (χ0) is 24.9. The second-order valence-electron chi connectivity index (χ2n) is 13.2. The van der Waals surface area contributed by atoms with Crippen LogP contribution in [0.3, 0.4) is 0 Å². The summed E-state index contributed by atoms with van der Waals surface area (Å²) in [5.41, 5.74) is -0.310. The van der Waals surface area contributed by atoms with Gasteiger partial charge in [-0.15, -0.1) is 0 Å². The Balaban J connectivity index is 1.43. The summed E-state index contributed by atoms with van der Waals surface area (Å²) in [5.74, 6) is 0.765. The van der Waals surface area contributed by atoms with Gasteiger partial charge in [-0.1, -0.05) is 27.7 Å². The lowest BCUT2D eigenvalue weighted by molar-refractivity contribution is -0.197. The summed E-state index contributed by atoms with van der Waals surface area (Å²) in [7, 11) is -1.05. The SMILES string of the molecule is CC(C)(C)OC(=O)N1C(COC2CCCCO2)CCC1B(O)O[C@@H]1CC2CC(C2(C)C)C1(C)C. The molecule has 2 bridgehead atoms. The molecule has 1 amide bonds. The molecule has 3 saturated carbocycles. The summed E-state index contributed by atoms with van der Waals surface area (Å²) in [6.07, 6.45) is 5.98. The Morgan fingerprint density at radius 3 is 2.41 bits per heavy atom. The summed E-state index contributed by atoms with van der Waals surface area (Å²) < 4.78 is 23.9. The molecule has 1 N–H and O–H groups in total. The van der Waals surface area contributed by atoms with E-state index in [0.29, 0.717) is 30.3 Å². The molecule has 2 aliphatic heterocycles. The molecular formula is C26H46BNO6. The van der Waals surface area contributed by atoms with Crippen LogP contribution in [-0.4, -0.2) is 66.3 Å². The van der Waals surface area contributed by atoms with Crippen LogP contribution in [-0.2, 0) is 18.9 Å². The Hall–Kier alpha value is -0.825. The largest absolute Gasteiger partial charge is 0.478 e. The van der Waals surface area contributed by atoms with Crippen molar-refractivity contribution in [3.05, 3.63) is 0 Å². The van der Waals surface area contributed by atoms with E-state index >= 15 is 0 Å². The predicted molar refractivity (Wildman–Crippen MR) is 131 cm³/mol. The van der Waals surface area contributed by atoms with Crippen LogP contribution in [0, 0.1) is 22.7 Å². The Morgan fingerprint density at radius 2 is 1.82 bits per heavy atom. The number of rotatable bonds is 6. The number of carbonyl (C=O) groups is 1. The van der Waals surface area contributed by atoms with E-state index in [-0.39, 0.29) is 23.9 Å². The fraction of sp³-hybridized carbons (Fsp3) is 0.962. The number of amides is 1. The van der Waals surface area contributed by atoms with Crippen LogP contribution in [0.5, 0.6) is 0 Å². The highest BCUT2D eigenvalue weighted by molar-refractivity contribution is 6.45. The highest BCUT2D eigenvalue weighted by Gasteiger charge is 2.62. The molecule has 5 rings (SSSR count). The molecule has 0 aromatic heterocycles. The number of carbonyl (C=O) groups excluding carboxylic acids is 1. The molecule has 5 aliphatic rings. The lowest BCUT2D eigenvalue weighted by atomic mass is 9.40. The Labute approximate surface area is 206 Å². The molecule has 7 nitrogen and oxygen atoms in total. The number of nitrogens with zero attached hydrogens (tertiary/aromatic N) is 1. The van der Waals surface area contributed by atoms with Gasteiger partial charge >= 0.3 is 13.2 Å². The molecule has 194 valence electrons. The third-order valence-electron chi connectivity index (χ3n) is 9.09. The van der Waals surface area contributed by atoms with Crippen LogP contribution in [0.1, 0.15) is 93.4 Å². The third-order valence-corrected chi connectivity index (χ3v) is 9.09. The highest BCUT2D eigenvalue weighted by atomic mass is 16.7. The van der Waals surface area contributed by atoms with Crippen molar-refractivity contribution >= 4 is 13.2 Å². The lowest BCUT2D eigenvalue weighted by Gasteiger charge is -2.66. The van der Waals surface area contributed by atoms with E-state index in [1.165, 1.54) is 6.42 Å². The zero-order valence-corrected chi connectivity index (χ0v) is 22.3. The Kier molecular flexibility index (Phi) is 7.38. The second-order valence-corrected chi connectivity index (χ2v) is 13.2. The monoisotopic (exact) mass is 479 g/mol. The molecule has 2 saturated heterocycles. The first-order valence-corrected chi connectivity index (χ1v) is 13.4. The summed E-state index contributed by atoms with van der Waals surface area (Å²) >= 11 is 0. The topological polar surface area (TPSA) is 77.5 Å². The number of fused-ring (bicyclic) bond motifs is 2. The first-order valence-electron chi connectivity index (χ1n) is 13.4. The molecule has 8 heteroatoms. The molecule has 6 atom stereocenters. The lowest BCUT2D eigenvalue weighted by Crippen LogP contribution is -2.64. The van der Waals surface area contributed by atoms with E-state index in [0.717, 1.165) is 38.7 Å². The van der Waals surface area contributed by atoms with Crippen LogP contribution < -0.4 is 0 Å². The normalized spacial score (nSPS) is 36.6. The third kappa shape index (κ3) is 5.16. The van der Waals surface area contributed by atoms with E-state index in [2.05, 4.69) is 27.7 Å². The first-order chi connectivity index (χ1) is 15.8. The van der Waals surface area contributed by atoms with Crippen LogP contribution in [0.2, 0.25) is 0 Å². The standard InChI is InChI=1S/C26H46BNO6/c1-24(2,3)33-23(29)28-18(16-32-22-10-8-9-13-31-22)11-12-21(28)27(30)34-20-15-17-14-19(25(17,4)5)26(20,6)7/h17-22,30H,8-16H2,1-7H3/t17?,18?,19?,20-,21?,22?/m1/s1. The molecule has 0 aromatic carbocycles. The average Bonchev–Trinajstić information content (AvgIpc) is 3.17. The highest BCUT2D eigenvalue weighted by Crippen LogP contribution is 2.66. The molecule has 0 spiro atoms. The molecular weight excluding hydrogens is 433 g/mol. The van der Waals surface area contributed by atoms with Crippen molar-refractivity contribution < 1.29 is 28.7 Å². The van der Waals surface area contributed by atoms with E-state index < -0.39 is 24.8 Å². The van der Waals surface area contributed by atoms with Crippen LogP contribution in [0.4, 0.5) is 4.79 Å². The van der Waals surface area contributed by atoms with Crippen LogP contribution in [0.25, 0.3) is 0 Å². The van der Waals surface area contributed by atoms with Crippen molar-refractivity contribution in [3.63, 3.8) is 0 Å². The van der Waals surface area contributed by atoms with Gasteiger partial charge in [-0.05, 0) is 88.4 Å². The average molecular weight is 479 g/mol. The van der Waals surface area contributed by atoms with Crippen molar-refractivity contribution in [2.75, 3.05) is 13.2 Å². The molecule has 2 heterocycles. The van der Waals surface area contributed by atoms with E-state index in [4.69, 9.17) is 18.9 Å².